The fraction of sp³-hybridized carbons (Fsp3) is 0.273. The van der Waals surface area contributed by atoms with Gasteiger partial charge < -0.3 is 9.88 Å². The third kappa shape index (κ3) is 5.20. The average Bonchev–Trinajstić information content (AvgIpc) is 3.16. The molecule has 0 aliphatic rings. The molecule has 3 rings (SSSR count). The van der Waals surface area contributed by atoms with E-state index < -0.39 is 44.4 Å². The summed E-state index contributed by atoms with van der Waals surface area (Å²) in [4.78, 5) is 16.2. The van der Waals surface area contributed by atoms with Crippen molar-refractivity contribution in [2.24, 2.45) is 5.92 Å². The van der Waals surface area contributed by atoms with E-state index in [9.17, 15) is 22.0 Å². The molecule has 0 aliphatic carbocycles. The van der Waals surface area contributed by atoms with Gasteiger partial charge in [0.15, 0.2) is 0 Å². The molecule has 2 aromatic carbocycles. The number of carbonyl (C=O) groups is 1. The van der Waals surface area contributed by atoms with Gasteiger partial charge in [-0.15, -0.1) is 0 Å². The lowest BCUT2D eigenvalue weighted by atomic mass is 10.0. The summed E-state index contributed by atoms with van der Waals surface area (Å²) in [6.45, 7) is 5.07. The van der Waals surface area contributed by atoms with E-state index in [1.807, 2.05) is 0 Å². The monoisotopic (exact) mass is 462 g/mol. The molecular formula is C22H24F2N4O3S. The molecule has 0 aliphatic heterocycles. The first-order valence-corrected chi connectivity index (χ1v) is 11.4. The Balaban J connectivity index is 1.71. The second-order valence-corrected chi connectivity index (χ2v) is 9.30. The summed E-state index contributed by atoms with van der Waals surface area (Å²) in [6.07, 6.45) is 3.21. The van der Waals surface area contributed by atoms with Crippen LogP contribution in [-0.4, -0.2) is 29.9 Å². The van der Waals surface area contributed by atoms with E-state index in [1.165, 1.54) is 18.2 Å². The summed E-state index contributed by atoms with van der Waals surface area (Å²) in [5.74, 6) is -1.79. The van der Waals surface area contributed by atoms with Crippen molar-refractivity contribution in [3.05, 3.63) is 77.9 Å². The highest BCUT2D eigenvalue weighted by Gasteiger charge is 2.29. The molecule has 1 amide bonds. The van der Waals surface area contributed by atoms with Crippen LogP contribution in [0.4, 0.5) is 8.78 Å². The van der Waals surface area contributed by atoms with Gasteiger partial charge in [0.05, 0.1) is 5.69 Å². The van der Waals surface area contributed by atoms with E-state index in [0.717, 1.165) is 12.1 Å². The van der Waals surface area contributed by atoms with Crippen molar-refractivity contribution >= 4 is 15.9 Å². The van der Waals surface area contributed by atoms with Gasteiger partial charge in [-0.2, -0.15) is 4.72 Å². The highest BCUT2D eigenvalue weighted by molar-refractivity contribution is 7.89. The second kappa shape index (κ2) is 9.58. The van der Waals surface area contributed by atoms with Crippen LogP contribution in [0, 0.1) is 24.5 Å². The number of benzene rings is 2. The zero-order chi connectivity index (χ0) is 23.5. The summed E-state index contributed by atoms with van der Waals surface area (Å²) in [5.41, 5.74) is 0.824. The zero-order valence-electron chi connectivity index (χ0n) is 17.8. The summed E-state index contributed by atoms with van der Waals surface area (Å²) >= 11 is 0. The molecule has 0 unspecified atom stereocenters. The third-order valence-corrected chi connectivity index (χ3v) is 6.40. The number of halogens is 2. The van der Waals surface area contributed by atoms with Gasteiger partial charge in [-0.25, -0.2) is 22.2 Å². The SMILES string of the molecule is Cc1nccn1-c1ccc(CNC(=O)[C@@H](NS(=O)(=O)c2ccccc2F)C(C)C)cc1F. The number of nitrogens with zero attached hydrogens (tertiary/aromatic N) is 2. The van der Waals surface area contributed by atoms with Crippen molar-refractivity contribution in [1.29, 1.82) is 0 Å². The summed E-state index contributed by atoms with van der Waals surface area (Å²) in [5, 5.41) is 2.62. The van der Waals surface area contributed by atoms with Gasteiger partial charge in [-0.05, 0) is 42.7 Å². The molecule has 1 aromatic heterocycles. The first kappa shape index (κ1) is 23.6. The molecule has 1 heterocycles. The number of aryl methyl sites for hydroxylation is 1. The minimum Gasteiger partial charge on any atom is -0.351 e. The molecule has 0 saturated carbocycles. The average molecular weight is 463 g/mol. The van der Waals surface area contributed by atoms with Crippen molar-refractivity contribution < 1.29 is 22.0 Å². The van der Waals surface area contributed by atoms with E-state index in [-0.39, 0.29) is 6.54 Å². The van der Waals surface area contributed by atoms with Gasteiger partial charge in [-0.3, -0.25) is 4.79 Å². The molecular weight excluding hydrogens is 438 g/mol. The predicted octanol–water partition coefficient (Wildman–Crippen LogP) is 3.08. The van der Waals surface area contributed by atoms with Gasteiger partial charge in [-0.1, -0.05) is 32.0 Å². The largest absolute Gasteiger partial charge is 0.351 e. The number of imidazole rings is 1. The highest BCUT2D eigenvalue weighted by atomic mass is 32.2. The van der Waals surface area contributed by atoms with Gasteiger partial charge >= 0.3 is 0 Å². The Kier molecular flexibility index (Phi) is 7.05. The number of aromatic nitrogens is 2. The minimum atomic E-state index is -4.26. The van der Waals surface area contributed by atoms with Gasteiger partial charge in [0, 0.05) is 18.9 Å². The van der Waals surface area contributed by atoms with Crippen LogP contribution in [-0.2, 0) is 21.4 Å². The Hall–Kier alpha value is -3.11. The third-order valence-electron chi connectivity index (χ3n) is 4.92. The summed E-state index contributed by atoms with van der Waals surface area (Å²) in [6, 6.07) is 8.31. The van der Waals surface area contributed by atoms with E-state index in [0.29, 0.717) is 17.1 Å². The molecule has 0 fully saturated rings. The van der Waals surface area contributed by atoms with Crippen molar-refractivity contribution in [2.45, 2.75) is 38.3 Å². The minimum absolute atomic E-state index is 0.0103. The first-order chi connectivity index (χ1) is 15.1. The Bertz CT molecular complexity index is 1230. The molecule has 10 heteroatoms. The molecule has 0 spiro atoms. The molecule has 7 nitrogen and oxygen atoms in total. The number of hydrogen-bond acceptors (Lipinski definition) is 4. The quantitative estimate of drug-likeness (QED) is 0.538. The van der Waals surface area contributed by atoms with Gasteiger partial charge in [0.2, 0.25) is 15.9 Å². The highest BCUT2D eigenvalue weighted by Crippen LogP contribution is 2.18. The molecule has 2 N–H and O–H groups in total. The van der Waals surface area contributed by atoms with Crippen molar-refractivity contribution in [3.63, 3.8) is 0 Å². The Morgan fingerprint density at radius 2 is 1.84 bits per heavy atom. The normalized spacial score (nSPS) is 12.7. The predicted molar refractivity (Wildman–Crippen MR) is 115 cm³/mol. The Morgan fingerprint density at radius 3 is 2.44 bits per heavy atom. The fourth-order valence-corrected chi connectivity index (χ4v) is 4.60. The fourth-order valence-electron chi connectivity index (χ4n) is 3.17. The standard InChI is InChI=1S/C22H24F2N4O3S/c1-14(2)21(27-32(30,31)20-7-5-4-6-17(20)23)22(29)26-13-16-8-9-19(18(24)12-16)28-11-10-25-15(28)3/h4-12,14,21,27H,13H2,1-3H3,(H,26,29)/t21-/m0/s1. The molecule has 0 radical (unpaired) electrons. The number of hydrogen-bond donors (Lipinski definition) is 2. The number of nitrogens with one attached hydrogen (secondary N) is 2. The van der Waals surface area contributed by atoms with E-state index >= 15 is 0 Å². The van der Waals surface area contributed by atoms with Gasteiger partial charge in [0.25, 0.3) is 0 Å². The maximum Gasteiger partial charge on any atom is 0.244 e. The molecule has 1 atom stereocenters. The van der Waals surface area contributed by atoms with E-state index in [1.54, 1.807) is 49.9 Å². The molecule has 32 heavy (non-hydrogen) atoms. The van der Waals surface area contributed by atoms with Crippen LogP contribution >= 0.6 is 0 Å². The number of rotatable bonds is 8. The lowest BCUT2D eigenvalue weighted by Gasteiger charge is -2.22. The van der Waals surface area contributed by atoms with Crippen LogP contribution in [0.3, 0.4) is 0 Å². The van der Waals surface area contributed by atoms with Crippen LogP contribution in [0.15, 0.2) is 59.8 Å². The van der Waals surface area contributed by atoms with Crippen LogP contribution in [0.5, 0.6) is 0 Å². The van der Waals surface area contributed by atoms with E-state index in [2.05, 4.69) is 15.0 Å². The molecule has 3 aromatic rings. The number of sulfonamides is 1. The van der Waals surface area contributed by atoms with Crippen molar-refractivity contribution in [3.8, 4) is 5.69 Å². The van der Waals surface area contributed by atoms with Crippen molar-refractivity contribution in [2.75, 3.05) is 0 Å². The summed E-state index contributed by atoms with van der Waals surface area (Å²) < 4.78 is 57.5. The van der Waals surface area contributed by atoms with Crippen LogP contribution in [0.2, 0.25) is 0 Å². The first-order valence-electron chi connectivity index (χ1n) is 9.93. The van der Waals surface area contributed by atoms with Gasteiger partial charge in [0.1, 0.15) is 28.4 Å². The smallest absolute Gasteiger partial charge is 0.244 e. The maximum absolute atomic E-state index is 14.6. The lowest BCUT2D eigenvalue weighted by molar-refractivity contribution is -0.123. The van der Waals surface area contributed by atoms with Crippen LogP contribution in [0.1, 0.15) is 25.2 Å². The zero-order valence-corrected chi connectivity index (χ0v) is 18.7. The number of amides is 1. The topological polar surface area (TPSA) is 93.1 Å². The van der Waals surface area contributed by atoms with Crippen LogP contribution in [0.25, 0.3) is 5.69 Å². The Morgan fingerprint density at radius 1 is 1.12 bits per heavy atom. The van der Waals surface area contributed by atoms with E-state index in [4.69, 9.17) is 0 Å². The maximum atomic E-state index is 14.6. The Labute approximate surface area is 185 Å². The summed E-state index contributed by atoms with van der Waals surface area (Å²) in [7, 11) is -4.26. The molecule has 0 saturated heterocycles. The molecule has 170 valence electrons. The lowest BCUT2D eigenvalue weighted by Crippen LogP contribution is -2.49. The number of carbonyl (C=O) groups excluding carboxylic acids is 1. The van der Waals surface area contributed by atoms with Crippen molar-refractivity contribution in [1.82, 2.24) is 19.6 Å². The second-order valence-electron chi connectivity index (χ2n) is 7.62. The van der Waals surface area contributed by atoms with Crippen LogP contribution < -0.4 is 10.0 Å². The molecule has 0 bridgehead atoms.